The first-order valence-corrected chi connectivity index (χ1v) is 19.3. The summed E-state index contributed by atoms with van der Waals surface area (Å²) in [6, 6.07) is 24.6. The van der Waals surface area contributed by atoms with Gasteiger partial charge in [0, 0.05) is 0 Å². The number of carbonyl (C=O) groups excluding carboxylic acids is 4. The van der Waals surface area contributed by atoms with Gasteiger partial charge >= 0.3 is 12.2 Å². The number of alkyl carbamates (subject to hydrolysis) is 2. The fraction of sp³-hybridized carbons (Fsp3) is 0.488. The quantitative estimate of drug-likeness (QED) is 0.101. The van der Waals surface area contributed by atoms with Crippen molar-refractivity contribution < 1.29 is 33.8 Å². The van der Waals surface area contributed by atoms with Crippen molar-refractivity contribution in [2.75, 3.05) is 0 Å². The summed E-state index contributed by atoms with van der Waals surface area (Å²) < 4.78 is 10.8. The molecule has 0 heterocycles. The maximum absolute atomic E-state index is 14.0. The number of hydrogen-bond acceptors (Lipinski definition) is 7. The fourth-order valence-corrected chi connectivity index (χ4v) is 6.87. The highest BCUT2D eigenvalue weighted by molar-refractivity contribution is 5.87. The number of carbonyl (C=O) groups is 4. The highest BCUT2D eigenvalue weighted by atomic mass is 16.6. The first-order chi connectivity index (χ1) is 26.0. The van der Waals surface area contributed by atoms with Gasteiger partial charge in [0.05, 0.1) is 18.2 Å². The average Bonchev–Trinajstić information content (AvgIpc) is 3.17. The minimum atomic E-state index is -1.21. The van der Waals surface area contributed by atoms with Gasteiger partial charge in [-0.1, -0.05) is 151 Å². The normalized spacial score (nSPS) is 16.0. The molecule has 0 aliphatic heterocycles. The van der Waals surface area contributed by atoms with Gasteiger partial charge in [-0.3, -0.25) is 9.59 Å². The maximum atomic E-state index is 14.0. The zero-order valence-electron chi connectivity index (χ0n) is 32.0. The van der Waals surface area contributed by atoms with E-state index in [-0.39, 0.29) is 37.4 Å². The van der Waals surface area contributed by atoms with Gasteiger partial charge < -0.3 is 35.8 Å². The summed E-state index contributed by atoms with van der Waals surface area (Å²) in [6.45, 7) is 7.40. The van der Waals surface area contributed by atoms with Crippen molar-refractivity contribution in [3.63, 3.8) is 0 Å². The second kappa shape index (κ2) is 21.7. The lowest BCUT2D eigenvalue weighted by atomic mass is 9.82. The number of benzene rings is 3. The number of rotatable bonds is 18. The van der Waals surface area contributed by atoms with Crippen LogP contribution in [0.4, 0.5) is 9.59 Å². The SMILES string of the molecule is CC(C)[C@H](NC(=O)OCc1ccccc1)C(=O)N[C@H](Cc1ccccc1)[C@@H](O)[C@@H](CC1CCCCC1)NC(=O)[C@@H](NC(=O)OCc1ccccc1)C(C)C. The number of aliphatic hydroxyl groups excluding tert-OH is 1. The van der Waals surface area contributed by atoms with Crippen molar-refractivity contribution in [3.8, 4) is 0 Å². The highest BCUT2D eigenvalue weighted by Gasteiger charge is 2.37. The summed E-state index contributed by atoms with van der Waals surface area (Å²) in [6.07, 6.45) is 3.31. The van der Waals surface area contributed by atoms with Crippen molar-refractivity contribution >= 4 is 24.0 Å². The monoisotopic (exact) mass is 742 g/mol. The topological polar surface area (TPSA) is 155 Å². The average molecular weight is 743 g/mol. The minimum absolute atomic E-state index is 0.0496. The molecule has 4 rings (SSSR count). The van der Waals surface area contributed by atoms with Crippen LogP contribution < -0.4 is 21.3 Å². The summed E-state index contributed by atoms with van der Waals surface area (Å²) >= 11 is 0. The predicted molar refractivity (Wildman–Crippen MR) is 208 cm³/mol. The lowest BCUT2D eigenvalue weighted by Gasteiger charge is -2.36. The second-order valence-electron chi connectivity index (χ2n) is 15.0. The number of aliphatic hydroxyl groups is 1. The summed E-state index contributed by atoms with van der Waals surface area (Å²) in [5.41, 5.74) is 2.51. The molecule has 0 saturated heterocycles. The molecular weight excluding hydrogens is 684 g/mol. The number of nitrogens with one attached hydrogen (secondary N) is 4. The molecule has 4 amide bonds. The Morgan fingerprint density at radius 2 is 1.00 bits per heavy atom. The van der Waals surface area contributed by atoms with Crippen LogP contribution in [0, 0.1) is 17.8 Å². The molecular formula is C43H58N4O7. The number of hydrogen-bond donors (Lipinski definition) is 5. The van der Waals surface area contributed by atoms with Crippen molar-refractivity contribution in [1.82, 2.24) is 21.3 Å². The zero-order valence-corrected chi connectivity index (χ0v) is 32.0. The van der Waals surface area contributed by atoms with Crippen molar-refractivity contribution in [3.05, 3.63) is 108 Å². The zero-order chi connectivity index (χ0) is 38.9. The number of ether oxygens (including phenoxy) is 2. The summed E-state index contributed by atoms with van der Waals surface area (Å²) in [7, 11) is 0. The Hall–Kier alpha value is -4.90. The molecule has 1 saturated carbocycles. The van der Waals surface area contributed by atoms with Gasteiger partial charge in [-0.2, -0.15) is 0 Å². The summed E-state index contributed by atoms with van der Waals surface area (Å²) in [5.74, 6) is -1.26. The molecule has 1 fully saturated rings. The minimum Gasteiger partial charge on any atom is -0.445 e. The van der Waals surface area contributed by atoms with Crippen LogP contribution in [0.3, 0.4) is 0 Å². The van der Waals surface area contributed by atoms with Gasteiger partial charge in [0.1, 0.15) is 25.3 Å². The van der Waals surface area contributed by atoms with Crippen molar-refractivity contribution in [2.45, 2.75) is 116 Å². The highest BCUT2D eigenvalue weighted by Crippen LogP contribution is 2.29. The maximum Gasteiger partial charge on any atom is 0.408 e. The molecule has 0 unspecified atom stereocenters. The van der Waals surface area contributed by atoms with Crippen LogP contribution in [-0.4, -0.2) is 59.4 Å². The first kappa shape index (κ1) is 41.9. The van der Waals surface area contributed by atoms with Gasteiger partial charge in [-0.05, 0) is 47.3 Å². The molecule has 3 aromatic rings. The van der Waals surface area contributed by atoms with Gasteiger partial charge in [0.2, 0.25) is 11.8 Å². The molecule has 1 aliphatic rings. The van der Waals surface area contributed by atoms with E-state index in [0.717, 1.165) is 48.8 Å². The molecule has 1 aliphatic carbocycles. The molecule has 5 N–H and O–H groups in total. The Labute approximate surface area is 320 Å². The second-order valence-corrected chi connectivity index (χ2v) is 15.0. The van der Waals surface area contributed by atoms with Crippen molar-refractivity contribution in [2.24, 2.45) is 17.8 Å². The summed E-state index contributed by atoms with van der Waals surface area (Å²) in [5, 5.41) is 23.8. The van der Waals surface area contributed by atoms with E-state index in [9.17, 15) is 24.3 Å². The molecule has 11 heteroatoms. The molecule has 5 atom stereocenters. The molecule has 3 aromatic carbocycles. The van der Waals surface area contributed by atoms with Gasteiger partial charge in [0.15, 0.2) is 0 Å². The number of amides is 4. The van der Waals surface area contributed by atoms with E-state index < -0.39 is 54.3 Å². The molecule has 0 aromatic heterocycles. The van der Waals surface area contributed by atoms with Crippen LogP contribution in [0.1, 0.15) is 82.9 Å². The Balaban J connectivity index is 1.52. The van der Waals surface area contributed by atoms with Crippen LogP contribution in [0.15, 0.2) is 91.0 Å². The lowest BCUT2D eigenvalue weighted by Crippen LogP contribution is -2.61. The Kier molecular flexibility index (Phi) is 16.8. The Morgan fingerprint density at radius 1 is 0.593 bits per heavy atom. The van der Waals surface area contributed by atoms with E-state index in [2.05, 4.69) is 21.3 Å². The third kappa shape index (κ3) is 13.8. The van der Waals surface area contributed by atoms with Crippen LogP contribution in [-0.2, 0) is 38.7 Å². The molecule has 0 bridgehead atoms. The smallest absolute Gasteiger partial charge is 0.408 e. The molecule has 54 heavy (non-hydrogen) atoms. The molecule has 0 radical (unpaired) electrons. The lowest BCUT2D eigenvalue weighted by molar-refractivity contribution is -0.127. The van der Waals surface area contributed by atoms with Crippen LogP contribution >= 0.6 is 0 Å². The fourth-order valence-electron chi connectivity index (χ4n) is 6.87. The van der Waals surface area contributed by atoms with E-state index in [1.165, 1.54) is 0 Å². The molecule has 0 spiro atoms. The van der Waals surface area contributed by atoms with E-state index in [0.29, 0.717) is 6.42 Å². The van der Waals surface area contributed by atoms with E-state index in [4.69, 9.17) is 9.47 Å². The van der Waals surface area contributed by atoms with E-state index >= 15 is 0 Å². The third-order valence-corrected chi connectivity index (χ3v) is 9.96. The van der Waals surface area contributed by atoms with Crippen molar-refractivity contribution in [1.29, 1.82) is 0 Å². The largest absolute Gasteiger partial charge is 0.445 e. The van der Waals surface area contributed by atoms with Gasteiger partial charge in [0.25, 0.3) is 0 Å². The Bertz CT molecular complexity index is 1580. The standard InChI is InChI=1S/C43H58N4O7/c1-29(2)37(46-42(51)53-27-33-21-13-7-14-22-33)40(49)44-35(25-31-17-9-5-10-18-31)39(48)36(26-32-19-11-6-12-20-32)45-41(50)38(30(3)4)47-43(52)54-28-34-23-15-8-16-24-34/h5,7-10,13-18,21-24,29-30,32,35-39,48H,6,11-12,19-20,25-28H2,1-4H3,(H,44,49)(H,45,50)(H,46,51)(H,47,52)/t35-,36-,37+,38+,39-/m1/s1. The van der Waals surface area contributed by atoms with Crippen LogP contribution in [0.5, 0.6) is 0 Å². The summed E-state index contributed by atoms with van der Waals surface area (Å²) in [4.78, 5) is 53.7. The van der Waals surface area contributed by atoms with E-state index in [1.807, 2.05) is 119 Å². The third-order valence-electron chi connectivity index (χ3n) is 9.96. The first-order valence-electron chi connectivity index (χ1n) is 19.3. The van der Waals surface area contributed by atoms with Gasteiger partial charge in [-0.25, -0.2) is 9.59 Å². The van der Waals surface area contributed by atoms with Gasteiger partial charge in [-0.15, -0.1) is 0 Å². The van der Waals surface area contributed by atoms with E-state index in [1.54, 1.807) is 0 Å². The van der Waals surface area contributed by atoms with Crippen LogP contribution in [0.25, 0.3) is 0 Å². The van der Waals surface area contributed by atoms with Crippen LogP contribution in [0.2, 0.25) is 0 Å². The molecule has 292 valence electrons. The predicted octanol–water partition coefficient (Wildman–Crippen LogP) is 6.43. The molecule has 11 nitrogen and oxygen atoms in total. The Morgan fingerprint density at radius 3 is 1.43 bits per heavy atom.